The Morgan fingerprint density at radius 1 is 1.23 bits per heavy atom. The smallest absolute Gasteiger partial charge is 0.324 e. The third-order valence-electron chi connectivity index (χ3n) is 3.74. The molecule has 1 N–H and O–H groups in total. The van der Waals surface area contributed by atoms with Gasteiger partial charge in [0.2, 0.25) is 5.91 Å². The van der Waals surface area contributed by atoms with E-state index in [1.807, 2.05) is 0 Å². The number of anilines is 1. The Morgan fingerprint density at radius 3 is 2.73 bits per heavy atom. The molecule has 1 aromatic carbocycles. The third kappa shape index (κ3) is 4.24. The molecule has 0 spiro atoms. The summed E-state index contributed by atoms with van der Waals surface area (Å²) in [5.74, 6) is -0.601. The first-order valence-corrected chi connectivity index (χ1v) is 9.33. The maximum Gasteiger partial charge on any atom is 0.433 e. The van der Waals surface area contributed by atoms with Crippen molar-refractivity contribution in [2.45, 2.75) is 30.6 Å². The monoisotopic (exact) mass is 421 g/mol. The fourth-order valence-electron chi connectivity index (χ4n) is 2.63. The first-order chi connectivity index (χ1) is 12.3. The average Bonchev–Trinajstić information content (AvgIpc) is 3.04. The van der Waals surface area contributed by atoms with Gasteiger partial charge in [-0.15, -0.1) is 0 Å². The standard InChI is InChI=1S/C16H12Cl2F3N3OS/c17-9-4-2-6-11(13(9)18)22-12(25)7-26-15-23-10-5-1-3-8(10)14(24-15)16(19,20)21/h2,4,6H,1,3,5,7H2,(H,22,25). The Hall–Kier alpha value is -1.51. The van der Waals surface area contributed by atoms with Crippen molar-refractivity contribution in [3.8, 4) is 0 Å². The van der Waals surface area contributed by atoms with Crippen LogP contribution in [0.2, 0.25) is 10.0 Å². The summed E-state index contributed by atoms with van der Waals surface area (Å²) in [6, 6.07) is 4.77. The quantitative estimate of drug-likeness (QED) is 0.555. The summed E-state index contributed by atoms with van der Waals surface area (Å²) in [6.07, 6.45) is -3.11. The molecule has 1 heterocycles. The first-order valence-electron chi connectivity index (χ1n) is 7.59. The first kappa shape index (κ1) is 19.3. The van der Waals surface area contributed by atoms with Crippen molar-refractivity contribution >= 4 is 46.6 Å². The van der Waals surface area contributed by atoms with E-state index >= 15 is 0 Å². The van der Waals surface area contributed by atoms with Crippen LogP contribution in [0.1, 0.15) is 23.4 Å². The van der Waals surface area contributed by atoms with E-state index in [-0.39, 0.29) is 26.5 Å². The van der Waals surface area contributed by atoms with Crippen LogP contribution < -0.4 is 5.32 Å². The molecule has 1 aliphatic carbocycles. The molecule has 138 valence electrons. The molecule has 26 heavy (non-hydrogen) atoms. The fraction of sp³-hybridized carbons (Fsp3) is 0.312. The minimum atomic E-state index is -4.54. The molecule has 0 radical (unpaired) electrons. The van der Waals surface area contributed by atoms with E-state index in [9.17, 15) is 18.0 Å². The number of nitrogens with one attached hydrogen (secondary N) is 1. The molecule has 0 fully saturated rings. The van der Waals surface area contributed by atoms with Crippen LogP contribution in [0.5, 0.6) is 0 Å². The zero-order valence-corrected chi connectivity index (χ0v) is 15.5. The van der Waals surface area contributed by atoms with Gasteiger partial charge >= 0.3 is 6.18 Å². The van der Waals surface area contributed by atoms with Crippen molar-refractivity contribution in [3.63, 3.8) is 0 Å². The van der Waals surface area contributed by atoms with E-state index in [0.717, 1.165) is 11.8 Å². The van der Waals surface area contributed by atoms with E-state index in [1.165, 1.54) is 0 Å². The van der Waals surface area contributed by atoms with Gasteiger partial charge in [-0.05, 0) is 31.4 Å². The predicted octanol–water partition coefficient (Wildman–Crippen LogP) is 5.02. The predicted molar refractivity (Wildman–Crippen MR) is 94.9 cm³/mol. The van der Waals surface area contributed by atoms with Crippen LogP contribution in [-0.2, 0) is 23.8 Å². The van der Waals surface area contributed by atoms with E-state index < -0.39 is 17.8 Å². The number of benzene rings is 1. The van der Waals surface area contributed by atoms with Gasteiger partial charge < -0.3 is 5.32 Å². The number of thioether (sulfide) groups is 1. The Bertz CT molecular complexity index is 861. The summed E-state index contributed by atoms with van der Waals surface area (Å²) in [4.78, 5) is 19.8. The van der Waals surface area contributed by atoms with Gasteiger partial charge in [-0.25, -0.2) is 9.97 Å². The van der Waals surface area contributed by atoms with Gasteiger partial charge in [-0.3, -0.25) is 4.79 Å². The van der Waals surface area contributed by atoms with Gasteiger partial charge in [-0.1, -0.05) is 41.0 Å². The number of halogens is 5. The molecule has 0 aliphatic heterocycles. The molecule has 0 atom stereocenters. The molecule has 4 nitrogen and oxygen atoms in total. The lowest BCUT2D eigenvalue weighted by atomic mass is 10.2. The molecular formula is C16H12Cl2F3N3OS. The molecule has 0 bridgehead atoms. The number of carbonyl (C=O) groups excluding carboxylic acids is 1. The van der Waals surface area contributed by atoms with E-state index in [4.69, 9.17) is 23.2 Å². The van der Waals surface area contributed by atoms with Crippen molar-refractivity contribution in [1.29, 1.82) is 0 Å². The number of carbonyl (C=O) groups is 1. The van der Waals surface area contributed by atoms with Crippen LogP contribution in [0.15, 0.2) is 23.4 Å². The molecule has 0 saturated heterocycles. The van der Waals surface area contributed by atoms with Gasteiger partial charge in [0.05, 0.1) is 21.5 Å². The van der Waals surface area contributed by atoms with Crippen LogP contribution in [-0.4, -0.2) is 21.6 Å². The zero-order valence-electron chi connectivity index (χ0n) is 13.2. The second-order valence-electron chi connectivity index (χ2n) is 5.57. The molecular weight excluding hydrogens is 410 g/mol. The van der Waals surface area contributed by atoms with Crippen LogP contribution in [0, 0.1) is 0 Å². The number of alkyl halides is 3. The summed E-state index contributed by atoms with van der Waals surface area (Å²) in [5, 5.41) is 2.98. The largest absolute Gasteiger partial charge is 0.433 e. The summed E-state index contributed by atoms with van der Waals surface area (Å²) in [6.45, 7) is 0. The van der Waals surface area contributed by atoms with Crippen LogP contribution in [0.3, 0.4) is 0 Å². The number of aromatic nitrogens is 2. The number of hydrogen-bond acceptors (Lipinski definition) is 4. The normalized spacial score (nSPS) is 13.6. The highest BCUT2D eigenvalue weighted by Crippen LogP contribution is 2.36. The van der Waals surface area contributed by atoms with Crippen molar-refractivity contribution < 1.29 is 18.0 Å². The third-order valence-corrected chi connectivity index (χ3v) is 5.41. The van der Waals surface area contributed by atoms with Gasteiger partial charge in [0.25, 0.3) is 0 Å². The number of nitrogens with zero attached hydrogens (tertiary/aromatic N) is 2. The molecule has 0 unspecified atom stereocenters. The lowest BCUT2D eigenvalue weighted by molar-refractivity contribution is -0.142. The Kier molecular flexibility index (Phi) is 5.64. The average molecular weight is 422 g/mol. The van der Waals surface area contributed by atoms with Crippen molar-refractivity contribution in [2.75, 3.05) is 11.1 Å². The van der Waals surface area contributed by atoms with Crippen LogP contribution >= 0.6 is 35.0 Å². The highest BCUT2D eigenvalue weighted by Gasteiger charge is 2.38. The molecule has 10 heteroatoms. The second-order valence-corrected chi connectivity index (χ2v) is 7.30. The van der Waals surface area contributed by atoms with Crippen LogP contribution in [0.4, 0.5) is 18.9 Å². The lowest BCUT2D eigenvalue weighted by Gasteiger charge is -2.12. The Balaban J connectivity index is 1.72. The summed E-state index contributed by atoms with van der Waals surface area (Å²) < 4.78 is 39.6. The van der Waals surface area contributed by atoms with E-state index in [1.54, 1.807) is 18.2 Å². The molecule has 1 amide bonds. The SMILES string of the molecule is O=C(CSc1nc2c(c(C(F)(F)F)n1)CCC2)Nc1cccc(Cl)c1Cl. The van der Waals surface area contributed by atoms with E-state index in [0.29, 0.717) is 30.6 Å². The number of aryl methyl sites for hydroxylation is 1. The highest BCUT2D eigenvalue weighted by molar-refractivity contribution is 7.99. The Morgan fingerprint density at radius 2 is 2.00 bits per heavy atom. The van der Waals surface area contributed by atoms with Gasteiger partial charge in [0, 0.05) is 11.3 Å². The molecule has 0 saturated carbocycles. The van der Waals surface area contributed by atoms with Crippen molar-refractivity contribution in [2.24, 2.45) is 0 Å². The van der Waals surface area contributed by atoms with Crippen molar-refractivity contribution in [3.05, 3.63) is 45.2 Å². The minimum absolute atomic E-state index is 0.0645. The maximum absolute atomic E-state index is 13.2. The topological polar surface area (TPSA) is 54.9 Å². The molecule has 3 rings (SSSR count). The van der Waals surface area contributed by atoms with Crippen molar-refractivity contribution in [1.82, 2.24) is 9.97 Å². The molecule has 2 aromatic rings. The summed E-state index contributed by atoms with van der Waals surface area (Å²) >= 11 is 12.7. The lowest BCUT2D eigenvalue weighted by Crippen LogP contribution is -2.16. The summed E-state index contributed by atoms with van der Waals surface area (Å²) in [7, 11) is 0. The minimum Gasteiger partial charge on any atom is -0.324 e. The second kappa shape index (κ2) is 7.62. The number of amides is 1. The highest BCUT2D eigenvalue weighted by atomic mass is 35.5. The Labute approximate surface area is 161 Å². The zero-order chi connectivity index (χ0) is 18.9. The van der Waals surface area contributed by atoms with Gasteiger partial charge in [0.15, 0.2) is 10.9 Å². The molecule has 1 aliphatic rings. The maximum atomic E-state index is 13.2. The number of hydrogen-bond donors (Lipinski definition) is 1. The number of fused-ring (bicyclic) bond motifs is 1. The fourth-order valence-corrected chi connectivity index (χ4v) is 3.64. The molecule has 1 aromatic heterocycles. The number of rotatable bonds is 4. The van der Waals surface area contributed by atoms with Gasteiger partial charge in [0.1, 0.15) is 0 Å². The van der Waals surface area contributed by atoms with Gasteiger partial charge in [-0.2, -0.15) is 13.2 Å². The van der Waals surface area contributed by atoms with Crippen LogP contribution in [0.25, 0.3) is 0 Å². The summed E-state index contributed by atoms with van der Waals surface area (Å²) in [5.41, 5.74) is 0.00143. The van der Waals surface area contributed by atoms with E-state index in [2.05, 4.69) is 15.3 Å².